The Balaban J connectivity index is 2.05. The highest BCUT2D eigenvalue weighted by Gasteiger charge is 2.10. The second-order valence-electron chi connectivity index (χ2n) is 4.19. The van der Waals surface area contributed by atoms with Gasteiger partial charge in [-0.2, -0.15) is 5.26 Å². The van der Waals surface area contributed by atoms with Crippen LogP contribution in [-0.2, 0) is 6.54 Å². The van der Waals surface area contributed by atoms with E-state index in [9.17, 15) is 10.1 Å². The number of hydrogen-bond acceptors (Lipinski definition) is 5. The molecule has 20 heavy (non-hydrogen) atoms. The fourth-order valence-corrected chi connectivity index (χ4v) is 1.73. The maximum Gasteiger partial charge on any atom is 0.292 e. The smallest absolute Gasteiger partial charge is 0.292 e. The highest BCUT2D eigenvalue weighted by atomic mass is 16.6. The van der Waals surface area contributed by atoms with Gasteiger partial charge in [0.15, 0.2) is 0 Å². The molecule has 0 atom stereocenters. The summed E-state index contributed by atoms with van der Waals surface area (Å²) in [5.41, 5.74) is 7.95. The standard InChI is InChI=1S/C14H12N4O2/c15-8-10-1-3-11(4-2-10)9-17-12-5-6-14(18(19)20)13(16)7-12/h1-7,17H,9,16H2. The number of nitrogens with two attached hydrogens (primary N) is 1. The number of anilines is 2. The second-order valence-corrected chi connectivity index (χ2v) is 4.19. The van der Waals surface area contributed by atoms with Gasteiger partial charge in [-0.15, -0.1) is 0 Å². The number of nitriles is 1. The minimum Gasteiger partial charge on any atom is -0.393 e. The molecule has 2 aromatic rings. The number of nitro groups is 1. The normalized spacial score (nSPS) is 9.75. The predicted molar refractivity (Wildman–Crippen MR) is 76.0 cm³/mol. The third kappa shape index (κ3) is 3.03. The number of nitro benzene ring substituents is 1. The molecule has 100 valence electrons. The van der Waals surface area contributed by atoms with Gasteiger partial charge >= 0.3 is 0 Å². The van der Waals surface area contributed by atoms with Gasteiger partial charge < -0.3 is 11.1 Å². The van der Waals surface area contributed by atoms with E-state index in [0.29, 0.717) is 17.8 Å². The average Bonchev–Trinajstić information content (AvgIpc) is 2.45. The van der Waals surface area contributed by atoms with E-state index in [4.69, 9.17) is 11.0 Å². The molecule has 0 saturated carbocycles. The molecule has 3 N–H and O–H groups in total. The van der Waals surface area contributed by atoms with E-state index < -0.39 is 4.92 Å². The summed E-state index contributed by atoms with van der Waals surface area (Å²) < 4.78 is 0. The summed E-state index contributed by atoms with van der Waals surface area (Å²) >= 11 is 0. The lowest BCUT2D eigenvalue weighted by atomic mass is 10.1. The summed E-state index contributed by atoms with van der Waals surface area (Å²) in [6, 6.07) is 13.7. The maximum atomic E-state index is 10.7. The van der Waals surface area contributed by atoms with Crippen molar-refractivity contribution in [1.29, 1.82) is 5.26 Å². The Morgan fingerprint density at radius 3 is 2.50 bits per heavy atom. The van der Waals surface area contributed by atoms with Crippen molar-refractivity contribution in [1.82, 2.24) is 0 Å². The van der Waals surface area contributed by atoms with Gasteiger partial charge in [0.05, 0.1) is 16.6 Å². The Bertz CT molecular complexity index is 675. The number of hydrogen-bond donors (Lipinski definition) is 2. The molecule has 0 bridgehead atoms. The van der Waals surface area contributed by atoms with Gasteiger partial charge in [0.2, 0.25) is 0 Å². The molecule has 0 aliphatic rings. The quantitative estimate of drug-likeness (QED) is 0.504. The lowest BCUT2D eigenvalue weighted by molar-refractivity contribution is -0.383. The Hall–Kier alpha value is -3.07. The monoisotopic (exact) mass is 268 g/mol. The van der Waals surface area contributed by atoms with Crippen LogP contribution in [0.1, 0.15) is 11.1 Å². The van der Waals surface area contributed by atoms with Gasteiger partial charge in [0.1, 0.15) is 5.69 Å². The third-order valence-electron chi connectivity index (χ3n) is 2.80. The van der Waals surface area contributed by atoms with Crippen LogP contribution < -0.4 is 11.1 Å². The van der Waals surface area contributed by atoms with E-state index in [1.807, 2.05) is 12.1 Å². The first-order valence-corrected chi connectivity index (χ1v) is 5.87. The summed E-state index contributed by atoms with van der Waals surface area (Å²) in [6.45, 7) is 0.545. The first-order valence-electron chi connectivity index (χ1n) is 5.87. The van der Waals surface area contributed by atoms with Crippen LogP contribution in [-0.4, -0.2) is 4.92 Å². The predicted octanol–water partition coefficient (Wildman–Crippen LogP) is 2.66. The highest BCUT2D eigenvalue weighted by molar-refractivity contribution is 5.65. The molecule has 0 fully saturated rings. The highest BCUT2D eigenvalue weighted by Crippen LogP contribution is 2.24. The molecule has 0 amide bonds. The SMILES string of the molecule is N#Cc1ccc(CNc2ccc([N+](=O)[O-])c(N)c2)cc1. The Labute approximate surface area is 115 Å². The van der Waals surface area contributed by atoms with Crippen LogP contribution in [0.2, 0.25) is 0 Å². The number of nitrogen functional groups attached to an aromatic ring is 1. The minimum atomic E-state index is -0.514. The fraction of sp³-hybridized carbons (Fsp3) is 0.0714. The molecule has 0 unspecified atom stereocenters. The molecule has 0 heterocycles. The molecule has 0 radical (unpaired) electrons. The average molecular weight is 268 g/mol. The molecular weight excluding hydrogens is 256 g/mol. The summed E-state index contributed by atoms with van der Waals surface area (Å²) in [7, 11) is 0. The molecule has 2 rings (SSSR count). The molecule has 2 aromatic carbocycles. The van der Waals surface area contributed by atoms with Gasteiger partial charge in [-0.3, -0.25) is 10.1 Å². The van der Waals surface area contributed by atoms with Crippen molar-refractivity contribution in [2.45, 2.75) is 6.54 Å². The summed E-state index contributed by atoms with van der Waals surface area (Å²) in [6.07, 6.45) is 0. The van der Waals surface area contributed by atoms with E-state index in [1.54, 1.807) is 18.2 Å². The Morgan fingerprint density at radius 1 is 1.25 bits per heavy atom. The minimum absolute atomic E-state index is 0.103. The number of rotatable bonds is 4. The first kappa shape index (κ1) is 13.4. The summed E-state index contributed by atoms with van der Waals surface area (Å²) in [5, 5.41) is 22.5. The fourth-order valence-electron chi connectivity index (χ4n) is 1.73. The Morgan fingerprint density at radius 2 is 1.95 bits per heavy atom. The number of nitrogens with zero attached hydrogens (tertiary/aromatic N) is 2. The third-order valence-corrected chi connectivity index (χ3v) is 2.80. The molecule has 0 aliphatic heterocycles. The van der Waals surface area contributed by atoms with Gasteiger partial charge in [-0.1, -0.05) is 12.1 Å². The first-order chi connectivity index (χ1) is 9.60. The van der Waals surface area contributed by atoms with E-state index in [0.717, 1.165) is 5.56 Å². The van der Waals surface area contributed by atoms with Crippen molar-refractivity contribution in [3.63, 3.8) is 0 Å². The van der Waals surface area contributed by atoms with Crippen LogP contribution in [0, 0.1) is 21.4 Å². The largest absolute Gasteiger partial charge is 0.393 e. The number of benzene rings is 2. The van der Waals surface area contributed by atoms with E-state index in [1.165, 1.54) is 12.1 Å². The summed E-state index contributed by atoms with van der Waals surface area (Å²) in [4.78, 5) is 10.1. The second kappa shape index (κ2) is 5.71. The lowest BCUT2D eigenvalue weighted by Gasteiger charge is -2.07. The molecule has 6 nitrogen and oxygen atoms in total. The lowest BCUT2D eigenvalue weighted by Crippen LogP contribution is -2.01. The van der Waals surface area contributed by atoms with Crippen LogP contribution in [0.15, 0.2) is 42.5 Å². The summed E-state index contributed by atoms with van der Waals surface area (Å²) in [5.74, 6) is 0. The van der Waals surface area contributed by atoms with Crippen LogP contribution >= 0.6 is 0 Å². The van der Waals surface area contributed by atoms with Gasteiger partial charge in [0.25, 0.3) is 5.69 Å². The van der Waals surface area contributed by atoms with Crippen molar-refractivity contribution in [3.05, 3.63) is 63.7 Å². The van der Waals surface area contributed by atoms with Crippen LogP contribution in [0.3, 0.4) is 0 Å². The van der Waals surface area contributed by atoms with Gasteiger partial charge in [-0.25, -0.2) is 0 Å². The van der Waals surface area contributed by atoms with E-state index in [2.05, 4.69) is 11.4 Å². The van der Waals surface area contributed by atoms with Crippen molar-refractivity contribution in [2.24, 2.45) is 0 Å². The maximum absolute atomic E-state index is 10.7. The Kier molecular flexibility index (Phi) is 3.82. The van der Waals surface area contributed by atoms with Crippen LogP contribution in [0.5, 0.6) is 0 Å². The molecule has 0 spiro atoms. The topological polar surface area (TPSA) is 105 Å². The van der Waals surface area contributed by atoms with Crippen molar-refractivity contribution < 1.29 is 4.92 Å². The van der Waals surface area contributed by atoms with Gasteiger partial charge in [0, 0.05) is 18.3 Å². The molecule has 0 aromatic heterocycles. The van der Waals surface area contributed by atoms with Crippen LogP contribution in [0.25, 0.3) is 0 Å². The van der Waals surface area contributed by atoms with Crippen molar-refractivity contribution in [3.8, 4) is 6.07 Å². The molecular formula is C14H12N4O2. The molecule has 0 aliphatic carbocycles. The molecule has 0 saturated heterocycles. The van der Waals surface area contributed by atoms with E-state index >= 15 is 0 Å². The zero-order valence-electron chi connectivity index (χ0n) is 10.5. The molecule has 6 heteroatoms. The van der Waals surface area contributed by atoms with Crippen LogP contribution in [0.4, 0.5) is 17.1 Å². The van der Waals surface area contributed by atoms with Crippen molar-refractivity contribution in [2.75, 3.05) is 11.1 Å². The zero-order chi connectivity index (χ0) is 14.5. The zero-order valence-corrected chi connectivity index (χ0v) is 10.5. The number of nitrogens with one attached hydrogen (secondary N) is 1. The van der Waals surface area contributed by atoms with E-state index in [-0.39, 0.29) is 11.4 Å². The van der Waals surface area contributed by atoms with Crippen molar-refractivity contribution >= 4 is 17.1 Å². The van der Waals surface area contributed by atoms with Gasteiger partial charge in [-0.05, 0) is 29.8 Å².